The minimum atomic E-state index is -0.317. The lowest BCUT2D eigenvalue weighted by Gasteiger charge is -1.96. The standard InChI is InChI=1S/C11H17ClO2/c1-10(2)6-4-3-5-7-11(13)14-9-8-12/h5-7H,3-4,8-9H2,1-2H3. The van der Waals surface area contributed by atoms with E-state index in [2.05, 4.69) is 19.9 Å². The second kappa shape index (κ2) is 8.82. The van der Waals surface area contributed by atoms with Crippen molar-refractivity contribution in [1.82, 2.24) is 0 Å². The zero-order valence-corrected chi connectivity index (χ0v) is 9.51. The quantitative estimate of drug-likeness (QED) is 0.224. The third-order valence-corrected chi connectivity index (χ3v) is 1.62. The molecule has 80 valence electrons. The van der Waals surface area contributed by atoms with Crippen LogP contribution < -0.4 is 0 Å². The molecule has 0 saturated heterocycles. The molecule has 0 aromatic heterocycles. The molecule has 0 heterocycles. The maximum atomic E-state index is 10.9. The molecular formula is C11H17ClO2. The average Bonchev–Trinajstić information content (AvgIpc) is 2.13. The van der Waals surface area contributed by atoms with Crippen molar-refractivity contribution < 1.29 is 9.53 Å². The molecule has 2 nitrogen and oxygen atoms in total. The molecule has 0 aromatic rings. The number of carbonyl (C=O) groups is 1. The number of rotatable bonds is 6. The van der Waals surface area contributed by atoms with Gasteiger partial charge < -0.3 is 4.74 Å². The highest BCUT2D eigenvalue weighted by atomic mass is 35.5. The fourth-order valence-corrected chi connectivity index (χ4v) is 0.912. The zero-order valence-electron chi connectivity index (χ0n) is 8.75. The van der Waals surface area contributed by atoms with Crippen LogP contribution >= 0.6 is 11.6 Å². The van der Waals surface area contributed by atoms with Gasteiger partial charge in [-0.3, -0.25) is 0 Å². The fourth-order valence-electron chi connectivity index (χ4n) is 0.835. The largest absolute Gasteiger partial charge is 0.461 e. The molecule has 0 unspecified atom stereocenters. The number of unbranched alkanes of at least 4 members (excludes halogenated alkanes) is 1. The average molecular weight is 217 g/mol. The minimum Gasteiger partial charge on any atom is -0.461 e. The SMILES string of the molecule is CC(C)=CCCC=CC(=O)OCCCl. The number of alkyl halides is 1. The highest BCUT2D eigenvalue weighted by Gasteiger charge is 1.93. The van der Waals surface area contributed by atoms with Gasteiger partial charge in [0.15, 0.2) is 0 Å². The number of hydrogen-bond acceptors (Lipinski definition) is 2. The van der Waals surface area contributed by atoms with E-state index in [1.807, 2.05) is 6.08 Å². The van der Waals surface area contributed by atoms with Crippen molar-refractivity contribution in [2.24, 2.45) is 0 Å². The van der Waals surface area contributed by atoms with E-state index in [1.165, 1.54) is 11.6 Å². The first-order valence-electron chi connectivity index (χ1n) is 4.69. The number of carbonyl (C=O) groups excluding carboxylic acids is 1. The van der Waals surface area contributed by atoms with Crippen LogP contribution in [0.25, 0.3) is 0 Å². The summed E-state index contributed by atoms with van der Waals surface area (Å²) >= 11 is 5.36. The first-order valence-corrected chi connectivity index (χ1v) is 5.23. The van der Waals surface area contributed by atoms with Crippen LogP contribution in [-0.2, 0) is 9.53 Å². The van der Waals surface area contributed by atoms with E-state index in [0.29, 0.717) is 5.88 Å². The van der Waals surface area contributed by atoms with Crippen LogP contribution in [0.3, 0.4) is 0 Å². The summed E-state index contributed by atoms with van der Waals surface area (Å²) in [6.45, 7) is 4.38. The molecule has 0 aliphatic rings. The molecule has 0 fully saturated rings. The summed E-state index contributed by atoms with van der Waals surface area (Å²) in [6.07, 6.45) is 7.22. The van der Waals surface area contributed by atoms with Crippen LogP contribution in [0.15, 0.2) is 23.8 Å². The lowest BCUT2D eigenvalue weighted by atomic mass is 10.2. The number of halogens is 1. The Morgan fingerprint density at radius 1 is 1.36 bits per heavy atom. The zero-order chi connectivity index (χ0) is 10.8. The Morgan fingerprint density at radius 3 is 2.64 bits per heavy atom. The van der Waals surface area contributed by atoms with Gasteiger partial charge in [0, 0.05) is 6.08 Å². The van der Waals surface area contributed by atoms with Crippen molar-refractivity contribution in [3.8, 4) is 0 Å². The van der Waals surface area contributed by atoms with E-state index >= 15 is 0 Å². The predicted octanol–water partition coefficient (Wildman–Crippen LogP) is 3.07. The van der Waals surface area contributed by atoms with Crippen LogP contribution in [0.2, 0.25) is 0 Å². The van der Waals surface area contributed by atoms with Gasteiger partial charge in [-0.2, -0.15) is 0 Å². The molecule has 0 saturated carbocycles. The van der Waals surface area contributed by atoms with Gasteiger partial charge in [-0.25, -0.2) is 4.79 Å². The summed E-state index contributed by atoms with van der Waals surface area (Å²) in [5.74, 6) is 0.0278. The van der Waals surface area contributed by atoms with Crippen molar-refractivity contribution in [2.45, 2.75) is 26.7 Å². The van der Waals surface area contributed by atoms with E-state index in [0.717, 1.165) is 12.8 Å². The summed E-state index contributed by atoms with van der Waals surface area (Å²) in [7, 11) is 0. The normalized spacial score (nSPS) is 10.2. The summed E-state index contributed by atoms with van der Waals surface area (Å²) in [6, 6.07) is 0. The highest BCUT2D eigenvalue weighted by molar-refractivity contribution is 6.18. The topological polar surface area (TPSA) is 26.3 Å². The second-order valence-electron chi connectivity index (χ2n) is 3.12. The lowest BCUT2D eigenvalue weighted by Crippen LogP contribution is -2.02. The van der Waals surface area contributed by atoms with Gasteiger partial charge in [0.2, 0.25) is 0 Å². The smallest absolute Gasteiger partial charge is 0.330 e. The van der Waals surface area contributed by atoms with E-state index in [1.54, 1.807) is 0 Å². The van der Waals surface area contributed by atoms with Crippen LogP contribution in [0.1, 0.15) is 26.7 Å². The molecular weight excluding hydrogens is 200 g/mol. The van der Waals surface area contributed by atoms with Crippen molar-refractivity contribution in [3.63, 3.8) is 0 Å². The molecule has 0 atom stereocenters. The molecule has 3 heteroatoms. The van der Waals surface area contributed by atoms with Crippen molar-refractivity contribution in [1.29, 1.82) is 0 Å². The lowest BCUT2D eigenvalue weighted by molar-refractivity contribution is -0.137. The Morgan fingerprint density at radius 2 is 2.07 bits per heavy atom. The predicted molar refractivity (Wildman–Crippen MR) is 59.5 cm³/mol. The van der Waals surface area contributed by atoms with Crippen molar-refractivity contribution in [2.75, 3.05) is 12.5 Å². The molecule has 0 amide bonds. The molecule has 0 spiro atoms. The maximum absolute atomic E-state index is 10.9. The second-order valence-corrected chi connectivity index (χ2v) is 3.50. The van der Waals surface area contributed by atoms with Crippen LogP contribution in [0.5, 0.6) is 0 Å². The summed E-state index contributed by atoms with van der Waals surface area (Å²) in [4.78, 5) is 10.9. The number of allylic oxidation sites excluding steroid dienone is 3. The third-order valence-electron chi connectivity index (χ3n) is 1.46. The monoisotopic (exact) mass is 216 g/mol. The van der Waals surface area contributed by atoms with Crippen LogP contribution in [0, 0.1) is 0 Å². The highest BCUT2D eigenvalue weighted by Crippen LogP contribution is 1.98. The third kappa shape index (κ3) is 9.33. The van der Waals surface area contributed by atoms with Crippen LogP contribution in [-0.4, -0.2) is 18.5 Å². The molecule has 0 aliphatic carbocycles. The molecule has 0 N–H and O–H groups in total. The Bertz CT molecular complexity index is 215. The van der Waals surface area contributed by atoms with Crippen molar-refractivity contribution >= 4 is 17.6 Å². The molecule has 0 bridgehead atoms. The van der Waals surface area contributed by atoms with Gasteiger partial charge in [0.05, 0.1) is 5.88 Å². The number of hydrogen-bond donors (Lipinski definition) is 0. The molecule has 0 rings (SSSR count). The van der Waals surface area contributed by atoms with Gasteiger partial charge in [-0.1, -0.05) is 17.7 Å². The van der Waals surface area contributed by atoms with Gasteiger partial charge in [-0.15, -0.1) is 11.6 Å². The van der Waals surface area contributed by atoms with E-state index < -0.39 is 0 Å². The van der Waals surface area contributed by atoms with Gasteiger partial charge in [0.1, 0.15) is 6.61 Å². The molecule has 0 aromatic carbocycles. The fraction of sp³-hybridized carbons (Fsp3) is 0.545. The van der Waals surface area contributed by atoms with Gasteiger partial charge in [0.25, 0.3) is 0 Å². The first kappa shape index (κ1) is 13.2. The number of esters is 1. The van der Waals surface area contributed by atoms with Crippen LogP contribution in [0.4, 0.5) is 0 Å². The Balaban J connectivity index is 3.52. The Hall–Kier alpha value is -0.760. The van der Waals surface area contributed by atoms with Gasteiger partial charge >= 0.3 is 5.97 Å². The van der Waals surface area contributed by atoms with Crippen molar-refractivity contribution in [3.05, 3.63) is 23.8 Å². The maximum Gasteiger partial charge on any atom is 0.330 e. The molecule has 0 aliphatic heterocycles. The summed E-state index contributed by atoms with van der Waals surface area (Å²) < 4.78 is 4.75. The first-order chi connectivity index (χ1) is 6.66. The summed E-state index contributed by atoms with van der Waals surface area (Å²) in [5, 5.41) is 0. The molecule has 14 heavy (non-hydrogen) atoms. The Labute approximate surface area is 90.6 Å². The molecule has 0 radical (unpaired) electrons. The van der Waals surface area contributed by atoms with E-state index in [9.17, 15) is 4.79 Å². The van der Waals surface area contributed by atoms with E-state index in [-0.39, 0.29) is 12.6 Å². The number of ether oxygens (including phenoxy) is 1. The Kier molecular flexibility index (Phi) is 8.34. The van der Waals surface area contributed by atoms with Gasteiger partial charge in [-0.05, 0) is 26.7 Å². The summed E-state index contributed by atoms with van der Waals surface area (Å²) in [5.41, 5.74) is 1.29. The van der Waals surface area contributed by atoms with E-state index in [4.69, 9.17) is 16.3 Å². The minimum absolute atomic E-state index is 0.276.